The average Bonchev–Trinajstić information content (AvgIpc) is 3.17. The summed E-state index contributed by atoms with van der Waals surface area (Å²) in [6, 6.07) is 14.6. The van der Waals surface area contributed by atoms with E-state index in [-0.39, 0.29) is 24.7 Å². The fourth-order valence-corrected chi connectivity index (χ4v) is 3.16. The molecule has 28 heavy (non-hydrogen) atoms. The van der Waals surface area contributed by atoms with E-state index in [1.54, 1.807) is 25.3 Å². The van der Waals surface area contributed by atoms with E-state index < -0.39 is 0 Å². The second kappa shape index (κ2) is 10.8. The lowest BCUT2D eigenvalue weighted by atomic mass is 9.99. The van der Waals surface area contributed by atoms with Gasteiger partial charge in [-0.3, -0.25) is 9.59 Å². The zero-order valence-electron chi connectivity index (χ0n) is 15.8. The zero-order chi connectivity index (χ0) is 20.4. The SMILES string of the molecule is COc1ccccc1OCC(=O)N1CCC(Cc2ccc(O)cc2)C1.O=CO. The number of likely N-dealkylation sites (tertiary alicyclic amines) is 1. The van der Waals surface area contributed by atoms with Crippen molar-refractivity contribution in [2.24, 2.45) is 5.92 Å². The molecular weight excluding hydrogens is 362 g/mol. The van der Waals surface area contributed by atoms with Gasteiger partial charge in [0, 0.05) is 13.1 Å². The van der Waals surface area contributed by atoms with Crippen LogP contribution >= 0.6 is 0 Å². The van der Waals surface area contributed by atoms with Crippen LogP contribution in [0.1, 0.15) is 12.0 Å². The molecular formula is C21H25NO6. The summed E-state index contributed by atoms with van der Waals surface area (Å²) in [5.74, 6) is 1.93. The van der Waals surface area contributed by atoms with Crippen LogP contribution in [-0.4, -0.2) is 54.3 Å². The van der Waals surface area contributed by atoms with Crippen LogP contribution in [0.5, 0.6) is 17.2 Å². The van der Waals surface area contributed by atoms with Crippen molar-refractivity contribution < 1.29 is 29.3 Å². The fraction of sp³-hybridized carbons (Fsp3) is 0.333. The van der Waals surface area contributed by atoms with Gasteiger partial charge >= 0.3 is 0 Å². The predicted octanol–water partition coefficient (Wildman–Crippen LogP) is 2.57. The zero-order valence-corrected chi connectivity index (χ0v) is 15.8. The van der Waals surface area contributed by atoms with Crippen molar-refractivity contribution in [2.75, 3.05) is 26.8 Å². The summed E-state index contributed by atoms with van der Waals surface area (Å²) in [4.78, 5) is 22.6. The molecule has 0 spiro atoms. The normalized spacial score (nSPS) is 15.3. The molecule has 0 aliphatic carbocycles. The minimum Gasteiger partial charge on any atom is -0.508 e. The van der Waals surface area contributed by atoms with E-state index >= 15 is 0 Å². The Kier molecular flexibility index (Phi) is 8.14. The summed E-state index contributed by atoms with van der Waals surface area (Å²) in [7, 11) is 1.58. The van der Waals surface area contributed by atoms with E-state index in [0.717, 1.165) is 25.9 Å². The molecule has 0 bridgehead atoms. The van der Waals surface area contributed by atoms with Crippen LogP contribution < -0.4 is 9.47 Å². The van der Waals surface area contributed by atoms with Crippen molar-refractivity contribution in [3.8, 4) is 17.2 Å². The van der Waals surface area contributed by atoms with Crippen molar-refractivity contribution in [1.29, 1.82) is 0 Å². The minimum absolute atomic E-state index is 0.000822. The molecule has 1 unspecified atom stereocenters. The van der Waals surface area contributed by atoms with E-state index in [4.69, 9.17) is 19.4 Å². The summed E-state index contributed by atoms with van der Waals surface area (Å²) in [6.45, 7) is 1.28. The number of phenolic OH excluding ortho intramolecular Hbond substituents is 1. The fourth-order valence-electron chi connectivity index (χ4n) is 3.16. The first-order valence-electron chi connectivity index (χ1n) is 8.96. The molecule has 2 N–H and O–H groups in total. The standard InChI is InChI=1S/C20H23NO4.CH2O2/c1-24-18-4-2-3-5-19(18)25-14-20(23)21-11-10-16(13-21)12-15-6-8-17(22)9-7-15;2-1-3/h2-9,16,22H,10-14H2,1H3;1H,(H,2,3). The number of rotatable bonds is 6. The molecule has 1 heterocycles. The molecule has 1 amide bonds. The van der Waals surface area contributed by atoms with E-state index in [9.17, 15) is 9.90 Å². The summed E-state index contributed by atoms with van der Waals surface area (Å²) in [5.41, 5.74) is 1.18. The van der Waals surface area contributed by atoms with Gasteiger partial charge in [0.15, 0.2) is 18.1 Å². The molecule has 2 aromatic carbocycles. The molecule has 0 saturated carbocycles. The number of methoxy groups -OCH3 is 1. The highest BCUT2D eigenvalue weighted by molar-refractivity contribution is 5.78. The van der Waals surface area contributed by atoms with Gasteiger partial charge in [0.1, 0.15) is 5.75 Å². The van der Waals surface area contributed by atoms with Crippen LogP contribution in [0.25, 0.3) is 0 Å². The Bertz CT molecular complexity index is 762. The number of para-hydroxylation sites is 2. The summed E-state index contributed by atoms with van der Waals surface area (Å²) >= 11 is 0. The quantitative estimate of drug-likeness (QED) is 0.740. The first-order valence-corrected chi connectivity index (χ1v) is 8.96. The molecule has 150 valence electrons. The summed E-state index contributed by atoms with van der Waals surface area (Å²) < 4.78 is 10.9. The number of aromatic hydroxyl groups is 1. The first kappa shape index (κ1) is 21.1. The lowest BCUT2D eigenvalue weighted by Gasteiger charge is -2.17. The molecule has 1 atom stereocenters. The lowest BCUT2D eigenvalue weighted by Crippen LogP contribution is -2.33. The topological polar surface area (TPSA) is 96.3 Å². The maximum Gasteiger partial charge on any atom is 0.290 e. The average molecular weight is 387 g/mol. The third kappa shape index (κ3) is 6.19. The summed E-state index contributed by atoms with van der Waals surface area (Å²) in [6.07, 6.45) is 1.90. The van der Waals surface area contributed by atoms with Gasteiger partial charge in [0.25, 0.3) is 12.4 Å². The van der Waals surface area contributed by atoms with Crippen molar-refractivity contribution in [3.05, 3.63) is 54.1 Å². The van der Waals surface area contributed by atoms with Crippen molar-refractivity contribution in [2.45, 2.75) is 12.8 Å². The van der Waals surface area contributed by atoms with Gasteiger partial charge in [-0.05, 0) is 48.6 Å². The van der Waals surface area contributed by atoms with Crippen LogP contribution in [0, 0.1) is 5.92 Å². The predicted molar refractivity (Wildman–Crippen MR) is 104 cm³/mol. The monoisotopic (exact) mass is 387 g/mol. The number of hydrogen-bond donors (Lipinski definition) is 2. The number of hydrogen-bond acceptors (Lipinski definition) is 5. The number of ether oxygens (including phenoxy) is 2. The van der Waals surface area contributed by atoms with Crippen LogP contribution in [0.4, 0.5) is 0 Å². The van der Waals surface area contributed by atoms with Crippen molar-refractivity contribution in [3.63, 3.8) is 0 Å². The smallest absolute Gasteiger partial charge is 0.290 e. The third-order valence-electron chi connectivity index (χ3n) is 4.52. The molecule has 7 nitrogen and oxygen atoms in total. The Morgan fingerprint density at radius 3 is 2.46 bits per heavy atom. The van der Waals surface area contributed by atoms with Gasteiger partial charge < -0.3 is 24.6 Å². The van der Waals surface area contributed by atoms with Crippen LogP contribution in [0.15, 0.2) is 48.5 Å². The maximum absolute atomic E-state index is 12.4. The van der Waals surface area contributed by atoms with Gasteiger partial charge in [-0.1, -0.05) is 24.3 Å². The Labute approximate surface area is 164 Å². The van der Waals surface area contributed by atoms with E-state index in [1.807, 2.05) is 35.2 Å². The second-order valence-corrected chi connectivity index (χ2v) is 6.41. The van der Waals surface area contributed by atoms with E-state index in [2.05, 4.69) is 0 Å². The van der Waals surface area contributed by atoms with E-state index in [0.29, 0.717) is 17.4 Å². The largest absolute Gasteiger partial charge is 0.508 e. The second-order valence-electron chi connectivity index (χ2n) is 6.41. The molecule has 3 rings (SSSR count). The van der Waals surface area contributed by atoms with Crippen LogP contribution in [-0.2, 0) is 16.0 Å². The van der Waals surface area contributed by atoms with Gasteiger partial charge in [-0.15, -0.1) is 0 Å². The molecule has 0 aromatic heterocycles. The number of phenols is 1. The van der Waals surface area contributed by atoms with Gasteiger partial charge in [0.05, 0.1) is 7.11 Å². The summed E-state index contributed by atoms with van der Waals surface area (Å²) in [5, 5.41) is 16.2. The molecule has 7 heteroatoms. The Morgan fingerprint density at radius 2 is 1.82 bits per heavy atom. The number of carbonyl (C=O) groups excluding carboxylic acids is 1. The van der Waals surface area contributed by atoms with Gasteiger partial charge in [0.2, 0.25) is 0 Å². The van der Waals surface area contributed by atoms with Crippen molar-refractivity contribution in [1.82, 2.24) is 4.90 Å². The molecule has 1 aliphatic heterocycles. The molecule has 1 aliphatic rings. The van der Waals surface area contributed by atoms with Crippen LogP contribution in [0.2, 0.25) is 0 Å². The number of carbonyl (C=O) groups is 2. The minimum atomic E-state index is -0.250. The van der Waals surface area contributed by atoms with Crippen molar-refractivity contribution >= 4 is 12.4 Å². The first-order chi connectivity index (χ1) is 13.6. The maximum atomic E-state index is 12.4. The Hall–Kier alpha value is -3.22. The molecule has 0 radical (unpaired) electrons. The number of carboxylic acid groups (broad SMARTS) is 1. The van der Waals surface area contributed by atoms with Gasteiger partial charge in [-0.2, -0.15) is 0 Å². The Morgan fingerprint density at radius 1 is 1.18 bits per heavy atom. The Balaban J connectivity index is 0.000000878. The van der Waals surface area contributed by atoms with Gasteiger partial charge in [-0.25, -0.2) is 0 Å². The third-order valence-corrected chi connectivity index (χ3v) is 4.52. The molecule has 1 saturated heterocycles. The number of nitrogens with zero attached hydrogens (tertiary/aromatic N) is 1. The van der Waals surface area contributed by atoms with E-state index in [1.165, 1.54) is 5.56 Å². The molecule has 2 aromatic rings. The lowest BCUT2D eigenvalue weighted by molar-refractivity contribution is -0.132. The highest BCUT2D eigenvalue weighted by Gasteiger charge is 2.26. The highest BCUT2D eigenvalue weighted by atomic mass is 16.5. The van der Waals surface area contributed by atoms with Crippen LogP contribution in [0.3, 0.4) is 0 Å². The number of amides is 1. The highest BCUT2D eigenvalue weighted by Crippen LogP contribution is 2.26. The number of benzene rings is 2. The molecule has 1 fully saturated rings.